The van der Waals surface area contributed by atoms with Gasteiger partial charge in [0.05, 0.1) is 11.7 Å². The van der Waals surface area contributed by atoms with Crippen LogP contribution in [0, 0.1) is 13.8 Å². The number of aromatic nitrogens is 2. The number of piperazine rings is 1. The van der Waals surface area contributed by atoms with Crippen molar-refractivity contribution in [2.45, 2.75) is 26.7 Å². The van der Waals surface area contributed by atoms with Crippen molar-refractivity contribution in [3.05, 3.63) is 65.7 Å². The van der Waals surface area contributed by atoms with Crippen molar-refractivity contribution in [1.82, 2.24) is 14.3 Å². The quantitative estimate of drug-likeness (QED) is 0.715. The van der Waals surface area contributed by atoms with E-state index in [2.05, 4.69) is 46.3 Å². The van der Waals surface area contributed by atoms with Crippen LogP contribution < -0.4 is 4.90 Å². The van der Waals surface area contributed by atoms with Crippen molar-refractivity contribution < 1.29 is 4.79 Å². The Hall–Kier alpha value is -2.82. The number of imidazole rings is 1. The van der Waals surface area contributed by atoms with Crippen LogP contribution in [0.5, 0.6) is 0 Å². The highest BCUT2D eigenvalue weighted by atomic mass is 16.2. The SMILES string of the molecule is Cc1cccc(N2CCN(C(=O)CCc3ncc4ccccn34)CC2)c1C. The molecule has 0 N–H and O–H groups in total. The minimum absolute atomic E-state index is 0.225. The minimum Gasteiger partial charge on any atom is -0.368 e. The molecule has 0 radical (unpaired) electrons. The number of amides is 1. The topological polar surface area (TPSA) is 40.8 Å². The molecule has 0 atom stereocenters. The molecule has 0 unspecified atom stereocenters. The highest BCUT2D eigenvalue weighted by Gasteiger charge is 2.22. The normalized spacial score (nSPS) is 14.7. The van der Waals surface area contributed by atoms with Gasteiger partial charge in [0.25, 0.3) is 0 Å². The molecule has 0 spiro atoms. The van der Waals surface area contributed by atoms with Gasteiger partial charge in [0.1, 0.15) is 5.82 Å². The first kappa shape index (κ1) is 17.6. The number of carbonyl (C=O) groups is 1. The zero-order chi connectivity index (χ0) is 18.8. The number of hydrogen-bond donors (Lipinski definition) is 0. The van der Waals surface area contributed by atoms with Crippen molar-refractivity contribution in [3.8, 4) is 0 Å². The van der Waals surface area contributed by atoms with Gasteiger partial charge in [-0.05, 0) is 43.2 Å². The summed E-state index contributed by atoms with van der Waals surface area (Å²) >= 11 is 0. The van der Waals surface area contributed by atoms with Gasteiger partial charge >= 0.3 is 0 Å². The van der Waals surface area contributed by atoms with Crippen molar-refractivity contribution in [1.29, 1.82) is 0 Å². The number of aryl methyl sites for hydroxylation is 2. The van der Waals surface area contributed by atoms with Crippen LogP contribution in [-0.2, 0) is 11.2 Å². The Morgan fingerprint density at radius 1 is 1.04 bits per heavy atom. The molecule has 1 aliphatic heterocycles. The van der Waals surface area contributed by atoms with Gasteiger partial charge in [-0.15, -0.1) is 0 Å². The fraction of sp³-hybridized carbons (Fsp3) is 0.364. The summed E-state index contributed by atoms with van der Waals surface area (Å²) in [6.07, 6.45) is 5.06. The van der Waals surface area contributed by atoms with Gasteiger partial charge in [0.15, 0.2) is 0 Å². The first-order valence-electron chi connectivity index (χ1n) is 9.63. The third kappa shape index (κ3) is 3.54. The molecule has 4 rings (SSSR count). The second-order valence-electron chi connectivity index (χ2n) is 7.26. The third-order valence-electron chi connectivity index (χ3n) is 5.63. The predicted octanol–water partition coefficient (Wildman–Crippen LogP) is 3.23. The summed E-state index contributed by atoms with van der Waals surface area (Å²) < 4.78 is 2.06. The van der Waals surface area contributed by atoms with E-state index in [9.17, 15) is 4.79 Å². The molecule has 1 aromatic carbocycles. The van der Waals surface area contributed by atoms with Crippen LogP contribution in [0.4, 0.5) is 5.69 Å². The van der Waals surface area contributed by atoms with Crippen LogP contribution >= 0.6 is 0 Å². The Morgan fingerprint density at radius 3 is 2.67 bits per heavy atom. The molecule has 5 nitrogen and oxygen atoms in total. The van der Waals surface area contributed by atoms with E-state index in [0.717, 1.165) is 37.5 Å². The smallest absolute Gasteiger partial charge is 0.223 e. The number of pyridine rings is 1. The molecule has 1 aliphatic rings. The first-order chi connectivity index (χ1) is 13.1. The van der Waals surface area contributed by atoms with Crippen LogP contribution in [0.3, 0.4) is 0 Å². The molecular weight excluding hydrogens is 336 g/mol. The number of rotatable bonds is 4. The number of benzene rings is 1. The minimum atomic E-state index is 0.225. The lowest BCUT2D eigenvalue weighted by molar-refractivity contribution is -0.131. The Morgan fingerprint density at radius 2 is 1.85 bits per heavy atom. The van der Waals surface area contributed by atoms with Crippen LogP contribution in [-0.4, -0.2) is 46.4 Å². The van der Waals surface area contributed by atoms with Crippen molar-refractivity contribution in [2.24, 2.45) is 0 Å². The van der Waals surface area contributed by atoms with Crippen LogP contribution in [0.15, 0.2) is 48.8 Å². The standard InChI is InChI=1S/C22H26N4O/c1-17-6-5-8-20(18(17)2)24-12-14-25(15-13-24)22(27)10-9-21-23-16-19-7-3-4-11-26(19)21/h3-8,11,16H,9-10,12-15H2,1-2H3. The average Bonchev–Trinajstić information content (AvgIpc) is 3.12. The Labute approximate surface area is 160 Å². The molecule has 1 amide bonds. The molecule has 140 valence electrons. The zero-order valence-electron chi connectivity index (χ0n) is 16.1. The maximum atomic E-state index is 12.7. The van der Waals surface area contributed by atoms with Crippen LogP contribution in [0.2, 0.25) is 0 Å². The summed E-state index contributed by atoms with van der Waals surface area (Å²) in [5.74, 6) is 1.18. The fourth-order valence-electron chi connectivity index (χ4n) is 3.84. The van der Waals surface area contributed by atoms with Crippen molar-refractivity contribution in [2.75, 3.05) is 31.1 Å². The second kappa shape index (κ2) is 7.43. The molecule has 2 aromatic heterocycles. The van der Waals surface area contributed by atoms with Gasteiger partial charge < -0.3 is 14.2 Å². The summed E-state index contributed by atoms with van der Waals surface area (Å²) in [6.45, 7) is 7.68. The van der Waals surface area contributed by atoms with Gasteiger partial charge in [0, 0.05) is 50.9 Å². The highest BCUT2D eigenvalue weighted by Crippen LogP contribution is 2.24. The van der Waals surface area contributed by atoms with Gasteiger partial charge in [-0.3, -0.25) is 4.79 Å². The van der Waals surface area contributed by atoms with E-state index in [4.69, 9.17) is 0 Å². The lowest BCUT2D eigenvalue weighted by Gasteiger charge is -2.37. The van der Waals surface area contributed by atoms with Gasteiger partial charge in [-0.25, -0.2) is 4.98 Å². The third-order valence-corrected chi connectivity index (χ3v) is 5.63. The Kier molecular flexibility index (Phi) is 4.84. The summed E-state index contributed by atoms with van der Waals surface area (Å²) in [4.78, 5) is 21.5. The van der Waals surface area contributed by atoms with Gasteiger partial charge in [0.2, 0.25) is 5.91 Å². The number of nitrogens with zero attached hydrogens (tertiary/aromatic N) is 4. The molecule has 0 saturated carbocycles. The summed E-state index contributed by atoms with van der Waals surface area (Å²) in [5.41, 5.74) is 5.02. The van der Waals surface area contributed by atoms with E-state index in [0.29, 0.717) is 12.8 Å². The molecule has 1 saturated heterocycles. The molecule has 0 aliphatic carbocycles. The van der Waals surface area contributed by atoms with Gasteiger partial charge in [-0.2, -0.15) is 0 Å². The second-order valence-corrected chi connectivity index (χ2v) is 7.26. The summed E-state index contributed by atoms with van der Waals surface area (Å²) in [5, 5.41) is 0. The fourth-order valence-corrected chi connectivity index (χ4v) is 3.84. The highest BCUT2D eigenvalue weighted by molar-refractivity contribution is 5.76. The molecule has 5 heteroatoms. The molecule has 1 fully saturated rings. The first-order valence-corrected chi connectivity index (χ1v) is 9.63. The molecule has 3 aromatic rings. The maximum Gasteiger partial charge on any atom is 0.223 e. The number of anilines is 1. The lowest BCUT2D eigenvalue weighted by Crippen LogP contribution is -2.49. The molecule has 27 heavy (non-hydrogen) atoms. The van der Waals surface area contributed by atoms with Crippen molar-refractivity contribution in [3.63, 3.8) is 0 Å². The Bertz CT molecular complexity index is 954. The van der Waals surface area contributed by atoms with Crippen LogP contribution in [0.25, 0.3) is 5.52 Å². The van der Waals surface area contributed by atoms with E-state index < -0.39 is 0 Å². The summed E-state index contributed by atoms with van der Waals surface area (Å²) in [6, 6.07) is 12.5. The van der Waals surface area contributed by atoms with Crippen LogP contribution in [0.1, 0.15) is 23.4 Å². The van der Waals surface area contributed by atoms with E-state index in [1.165, 1.54) is 16.8 Å². The van der Waals surface area contributed by atoms with Crippen molar-refractivity contribution >= 4 is 17.1 Å². The Balaban J connectivity index is 1.34. The summed E-state index contributed by atoms with van der Waals surface area (Å²) in [7, 11) is 0. The molecule has 3 heterocycles. The number of hydrogen-bond acceptors (Lipinski definition) is 3. The largest absolute Gasteiger partial charge is 0.368 e. The maximum absolute atomic E-state index is 12.7. The average molecular weight is 362 g/mol. The molecule has 0 bridgehead atoms. The lowest BCUT2D eigenvalue weighted by atomic mass is 10.1. The zero-order valence-corrected chi connectivity index (χ0v) is 16.1. The predicted molar refractivity (Wildman–Crippen MR) is 108 cm³/mol. The van der Waals surface area contributed by atoms with E-state index in [1.54, 1.807) is 0 Å². The molecular formula is C22H26N4O. The van der Waals surface area contributed by atoms with E-state index in [-0.39, 0.29) is 5.91 Å². The van der Waals surface area contributed by atoms with E-state index in [1.807, 2.05) is 35.5 Å². The monoisotopic (exact) mass is 362 g/mol. The number of fused-ring (bicyclic) bond motifs is 1. The van der Waals surface area contributed by atoms with E-state index >= 15 is 0 Å². The number of carbonyl (C=O) groups excluding carboxylic acids is 1. The van der Waals surface area contributed by atoms with Gasteiger partial charge in [-0.1, -0.05) is 18.2 Å².